The van der Waals surface area contributed by atoms with Gasteiger partial charge in [-0.3, -0.25) is 25.8 Å². The largest absolute Gasteiger partial charge is 0.417 e. The molecule has 4 atom stereocenters. The van der Waals surface area contributed by atoms with Crippen LogP contribution >= 0.6 is 11.8 Å². The molecule has 0 aliphatic carbocycles. The monoisotopic (exact) mass is 423 g/mol. The lowest BCUT2D eigenvalue weighted by molar-refractivity contribution is -0.133. The fraction of sp³-hybridized carbons (Fsp3) is 0.421. The van der Waals surface area contributed by atoms with Crippen molar-refractivity contribution < 1.29 is 18.0 Å². The lowest BCUT2D eigenvalue weighted by atomic mass is 9.79. The normalized spacial score (nSPS) is 32.2. The number of nitrogens with zero attached hydrogens (tertiary/aromatic N) is 3. The van der Waals surface area contributed by atoms with E-state index in [1.165, 1.54) is 4.90 Å². The topological polar surface area (TPSA) is 83.1 Å². The van der Waals surface area contributed by atoms with E-state index >= 15 is 0 Å². The minimum Gasteiger partial charge on any atom is -0.315 e. The first-order valence-electron chi connectivity index (χ1n) is 9.09. The number of nitrogens with two attached hydrogens (primary N) is 1. The Labute approximate surface area is 170 Å². The molecule has 29 heavy (non-hydrogen) atoms. The lowest BCUT2D eigenvalue weighted by Gasteiger charge is -2.35. The summed E-state index contributed by atoms with van der Waals surface area (Å²) in [5.74, 6) is -0.316. The lowest BCUT2D eigenvalue weighted by Crippen LogP contribution is -2.54. The van der Waals surface area contributed by atoms with Crippen LogP contribution in [0.2, 0.25) is 0 Å². The van der Waals surface area contributed by atoms with E-state index in [9.17, 15) is 18.0 Å². The molecule has 1 amide bonds. The number of carbonyl (C=O) groups is 1. The number of alkyl halides is 3. The second-order valence-electron chi connectivity index (χ2n) is 7.22. The molecule has 0 spiro atoms. The van der Waals surface area contributed by atoms with Gasteiger partial charge in [-0.2, -0.15) is 13.2 Å². The van der Waals surface area contributed by atoms with Crippen LogP contribution < -0.4 is 11.1 Å². The zero-order chi connectivity index (χ0) is 20.8. The molecule has 4 rings (SSSR count). The highest BCUT2D eigenvalue weighted by molar-refractivity contribution is 8.12. The van der Waals surface area contributed by atoms with Gasteiger partial charge >= 0.3 is 6.18 Å². The van der Waals surface area contributed by atoms with Gasteiger partial charge in [-0.05, 0) is 17.5 Å². The molecule has 3 heterocycles. The first kappa shape index (κ1) is 20.1. The second kappa shape index (κ2) is 7.26. The maximum Gasteiger partial charge on any atom is 0.417 e. The number of benzene rings is 1. The summed E-state index contributed by atoms with van der Waals surface area (Å²) in [6.07, 6.45) is -3.38. The third kappa shape index (κ3) is 3.38. The van der Waals surface area contributed by atoms with Crippen molar-refractivity contribution in [3.8, 4) is 0 Å². The number of likely N-dealkylation sites (N-methyl/N-ethyl adjacent to an activating group) is 1. The Hall–Kier alpha value is -2.17. The highest BCUT2D eigenvalue weighted by Crippen LogP contribution is 2.40. The van der Waals surface area contributed by atoms with Gasteiger partial charge in [-0.15, -0.1) is 11.8 Å². The van der Waals surface area contributed by atoms with Crippen LogP contribution in [0.5, 0.6) is 0 Å². The van der Waals surface area contributed by atoms with Crippen molar-refractivity contribution in [2.45, 2.75) is 35.7 Å². The maximum atomic E-state index is 13.3. The van der Waals surface area contributed by atoms with E-state index < -0.39 is 29.6 Å². The van der Waals surface area contributed by atoms with Crippen molar-refractivity contribution in [2.24, 2.45) is 15.7 Å². The van der Waals surface area contributed by atoms with Crippen LogP contribution in [0.4, 0.5) is 13.2 Å². The summed E-state index contributed by atoms with van der Waals surface area (Å²) in [5, 5.41) is 3.26. The second-order valence-corrected chi connectivity index (χ2v) is 8.27. The number of hydrogen-bond acceptors (Lipinski definition) is 6. The zero-order valence-corrected chi connectivity index (χ0v) is 16.4. The highest BCUT2D eigenvalue weighted by Gasteiger charge is 2.55. The number of dihydropyridines is 1. The summed E-state index contributed by atoms with van der Waals surface area (Å²) in [6, 6.07) is 6.74. The summed E-state index contributed by atoms with van der Waals surface area (Å²) in [7, 11) is 1.57. The molecule has 0 radical (unpaired) electrons. The fourth-order valence-electron chi connectivity index (χ4n) is 3.90. The first-order valence-corrected chi connectivity index (χ1v) is 10.0. The molecule has 0 aromatic heterocycles. The molecule has 10 heteroatoms. The van der Waals surface area contributed by atoms with E-state index in [4.69, 9.17) is 5.73 Å². The third-order valence-electron chi connectivity index (χ3n) is 5.52. The van der Waals surface area contributed by atoms with E-state index in [2.05, 4.69) is 15.3 Å². The van der Waals surface area contributed by atoms with Crippen molar-refractivity contribution in [1.29, 1.82) is 0 Å². The first-order chi connectivity index (χ1) is 13.7. The maximum absolute atomic E-state index is 13.3. The minimum atomic E-state index is -4.47. The quantitative estimate of drug-likeness (QED) is 0.782. The van der Waals surface area contributed by atoms with E-state index in [1.54, 1.807) is 30.4 Å². The number of allylic oxidation sites excluding steroid dienone is 1. The molecule has 1 fully saturated rings. The predicted octanol–water partition coefficient (Wildman–Crippen LogP) is 2.33. The van der Waals surface area contributed by atoms with Crippen molar-refractivity contribution in [3.05, 3.63) is 47.0 Å². The number of halogens is 3. The number of hydrogen-bond donors (Lipinski definition) is 2. The van der Waals surface area contributed by atoms with Crippen LogP contribution in [0.1, 0.15) is 22.8 Å². The van der Waals surface area contributed by atoms with Crippen LogP contribution in [-0.4, -0.2) is 54.7 Å². The molecule has 0 saturated carbocycles. The van der Waals surface area contributed by atoms with E-state index in [0.29, 0.717) is 12.1 Å². The number of rotatable bonds is 3. The van der Waals surface area contributed by atoms with Gasteiger partial charge in [0.15, 0.2) is 0 Å². The van der Waals surface area contributed by atoms with Gasteiger partial charge in [0.05, 0.1) is 29.0 Å². The van der Waals surface area contributed by atoms with Gasteiger partial charge in [-0.25, -0.2) is 0 Å². The Morgan fingerprint density at radius 2 is 2.17 bits per heavy atom. The standard InChI is InChI=1S/C19H20F3N5OS/c1-27-16(28)18(26-17(27)23,15-6-5-13(8-25-15)19(20,21)22)12-4-2-3-11(7-12)14-9-24-10-29-14/h2-5,7-8,10,14-15,17,26H,6,9,23H2,1H3. The van der Waals surface area contributed by atoms with Crippen molar-refractivity contribution in [1.82, 2.24) is 10.2 Å². The summed E-state index contributed by atoms with van der Waals surface area (Å²) < 4.78 is 39.0. The van der Waals surface area contributed by atoms with Crippen molar-refractivity contribution >= 4 is 29.4 Å². The molecular weight excluding hydrogens is 403 g/mol. The molecular formula is C19H20F3N5OS. The Kier molecular flexibility index (Phi) is 5.04. The van der Waals surface area contributed by atoms with Gasteiger partial charge in [0, 0.05) is 13.3 Å². The van der Waals surface area contributed by atoms with Gasteiger partial charge in [-0.1, -0.05) is 30.3 Å². The minimum absolute atomic E-state index is 0.0316. The number of amides is 1. The van der Waals surface area contributed by atoms with Crippen LogP contribution in [0.15, 0.2) is 45.9 Å². The molecule has 4 unspecified atom stereocenters. The summed E-state index contributed by atoms with van der Waals surface area (Å²) in [6.45, 7) is 0.640. The van der Waals surface area contributed by atoms with Crippen LogP contribution in [-0.2, 0) is 10.3 Å². The van der Waals surface area contributed by atoms with E-state index in [-0.39, 0.29) is 17.6 Å². The Bertz CT molecular complexity index is 907. The predicted molar refractivity (Wildman–Crippen MR) is 107 cm³/mol. The molecule has 1 aromatic carbocycles. The summed E-state index contributed by atoms with van der Waals surface area (Å²) in [5.41, 5.74) is 7.35. The van der Waals surface area contributed by atoms with Crippen LogP contribution in [0.25, 0.3) is 0 Å². The molecule has 3 aliphatic rings. The highest BCUT2D eigenvalue weighted by atomic mass is 32.2. The number of carbonyl (C=O) groups excluding carboxylic acids is 1. The van der Waals surface area contributed by atoms with E-state index in [0.717, 1.165) is 17.9 Å². The van der Waals surface area contributed by atoms with Crippen LogP contribution in [0, 0.1) is 0 Å². The number of aliphatic imine (C=N–C) groups is 2. The van der Waals surface area contributed by atoms with Gasteiger partial charge in [0.1, 0.15) is 11.8 Å². The fourth-order valence-corrected chi connectivity index (χ4v) is 4.70. The average molecular weight is 423 g/mol. The third-order valence-corrected chi connectivity index (χ3v) is 6.54. The molecule has 1 aromatic rings. The molecule has 3 aliphatic heterocycles. The number of nitrogens with one attached hydrogen (secondary N) is 1. The van der Waals surface area contributed by atoms with Crippen molar-refractivity contribution in [2.75, 3.05) is 13.6 Å². The Balaban J connectivity index is 1.74. The molecule has 154 valence electrons. The average Bonchev–Trinajstić information content (AvgIpc) is 3.32. The van der Waals surface area contributed by atoms with Crippen molar-refractivity contribution in [3.63, 3.8) is 0 Å². The van der Waals surface area contributed by atoms with Gasteiger partial charge < -0.3 is 4.90 Å². The molecule has 6 nitrogen and oxygen atoms in total. The van der Waals surface area contributed by atoms with Gasteiger partial charge in [0.2, 0.25) is 0 Å². The zero-order valence-electron chi connectivity index (χ0n) is 15.6. The molecule has 3 N–H and O–H groups in total. The Morgan fingerprint density at radius 1 is 1.38 bits per heavy atom. The summed E-state index contributed by atoms with van der Waals surface area (Å²) >= 11 is 1.59. The SMILES string of the molecule is CN1C(=O)C(c2cccc(C3CN=CS3)c2)(C2CC=C(C(F)(F)F)C=N2)NC1N. The van der Waals surface area contributed by atoms with E-state index in [1.807, 2.05) is 18.2 Å². The molecule has 0 bridgehead atoms. The summed E-state index contributed by atoms with van der Waals surface area (Å²) in [4.78, 5) is 23.0. The van der Waals surface area contributed by atoms with Crippen LogP contribution in [0.3, 0.4) is 0 Å². The van der Waals surface area contributed by atoms with Gasteiger partial charge in [0.25, 0.3) is 5.91 Å². The number of thioether (sulfide) groups is 1. The molecule has 1 saturated heterocycles. The smallest absolute Gasteiger partial charge is 0.315 e. The Morgan fingerprint density at radius 3 is 2.72 bits per heavy atom.